The number of ether oxygens (including phenoxy) is 1. The van der Waals surface area contributed by atoms with Gasteiger partial charge in [0, 0.05) is 6.54 Å². The lowest BCUT2D eigenvalue weighted by atomic mass is 10.2. The Bertz CT molecular complexity index is 772. The maximum Gasteiger partial charge on any atom is 0.411 e. The molecule has 2 amide bonds. The highest BCUT2D eigenvalue weighted by molar-refractivity contribution is 7.92. The van der Waals surface area contributed by atoms with Gasteiger partial charge in [-0.05, 0) is 58.8 Å². The van der Waals surface area contributed by atoms with E-state index in [2.05, 4.69) is 11.4 Å². The molecule has 0 bridgehead atoms. The molecule has 0 radical (unpaired) electrons. The van der Waals surface area contributed by atoms with E-state index in [4.69, 9.17) is 4.74 Å². The first-order valence-electron chi connectivity index (χ1n) is 9.39. The highest BCUT2D eigenvalue weighted by atomic mass is 32.2. The molecule has 1 N–H and O–H groups in total. The van der Waals surface area contributed by atoms with Gasteiger partial charge in [0.25, 0.3) is 0 Å². The summed E-state index contributed by atoms with van der Waals surface area (Å²) < 4.78 is 30.8. The van der Waals surface area contributed by atoms with Gasteiger partial charge in [-0.15, -0.1) is 0 Å². The summed E-state index contributed by atoms with van der Waals surface area (Å²) in [5, 5.41) is 11.1. The van der Waals surface area contributed by atoms with Crippen LogP contribution in [0.25, 0.3) is 0 Å². The molecule has 1 aliphatic heterocycles. The quantitative estimate of drug-likeness (QED) is 0.749. The van der Waals surface area contributed by atoms with Crippen LogP contribution >= 0.6 is 0 Å². The van der Waals surface area contributed by atoms with Crippen LogP contribution in [0.1, 0.15) is 52.9 Å². The third kappa shape index (κ3) is 4.72. The number of nitrogens with one attached hydrogen (secondary N) is 1. The summed E-state index contributed by atoms with van der Waals surface area (Å²) in [6.45, 7) is 5.09. The van der Waals surface area contributed by atoms with Crippen LogP contribution in [0.2, 0.25) is 0 Å². The summed E-state index contributed by atoms with van der Waals surface area (Å²) in [6, 6.07) is 1.14. The zero-order valence-corrected chi connectivity index (χ0v) is 16.8. The molecule has 9 heteroatoms. The first-order chi connectivity index (χ1) is 12.4. The molecule has 0 aromatic rings. The van der Waals surface area contributed by atoms with Crippen LogP contribution in [0.5, 0.6) is 0 Å². The van der Waals surface area contributed by atoms with Gasteiger partial charge < -0.3 is 10.1 Å². The number of sulfone groups is 1. The van der Waals surface area contributed by atoms with Crippen LogP contribution in [0.15, 0.2) is 0 Å². The number of hydrogen-bond acceptors (Lipinski definition) is 6. The Balaban J connectivity index is 1.77. The molecule has 0 aromatic carbocycles. The molecule has 0 spiro atoms. The van der Waals surface area contributed by atoms with E-state index in [1.807, 2.05) is 0 Å². The van der Waals surface area contributed by atoms with Crippen molar-refractivity contribution < 1.29 is 22.7 Å². The number of likely N-dealkylation sites (tertiary alicyclic amines) is 1. The number of nitrogens with zero attached hydrogens (tertiary/aromatic N) is 2. The largest absolute Gasteiger partial charge is 0.444 e. The van der Waals surface area contributed by atoms with Gasteiger partial charge in [0.15, 0.2) is 9.84 Å². The lowest BCUT2D eigenvalue weighted by Gasteiger charge is -2.28. The highest BCUT2D eigenvalue weighted by Crippen LogP contribution is 2.37. The lowest BCUT2D eigenvalue weighted by Crippen LogP contribution is -2.50. The Hall–Kier alpha value is -1.82. The van der Waals surface area contributed by atoms with Crippen molar-refractivity contribution in [3.63, 3.8) is 0 Å². The van der Waals surface area contributed by atoms with Crippen LogP contribution < -0.4 is 5.32 Å². The van der Waals surface area contributed by atoms with Crippen molar-refractivity contribution in [2.75, 3.05) is 12.3 Å². The van der Waals surface area contributed by atoms with Crippen LogP contribution in [-0.2, 0) is 19.4 Å². The van der Waals surface area contributed by atoms with Crippen LogP contribution in [0, 0.1) is 17.2 Å². The van der Waals surface area contributed by atoms with Crippen molar-refractivity contribution >= 4 is 21.8 Å². The Labute approximate surface area is 160 Å². The van der Waals surface area contributed by atoms with E-state index in [1.165, 1.54) is 4.90 Å². The molecule has 0 unspecified atom stereocenters. The molecule has 3 fully saturated rings. The summed E-state index contributed by atoms with van der Waals surface area (Å²) in [5.74, 6) is -0.175. The third-order valence-corrected chi connectivity index (χ3v) is 7.49. The average molecular weight is 397 g/mol. The van der Waals surface area contributed by atoms with Gasteiger partial charge in [-0.1, -0.05) is 0 Å². The van der Waals surface area contributed by atoms with Crippen molar-refractivity contribution in [1.29, 1.82) is 5.26 Å². The SMILES string of the molecule is CC(C)(C)OC(=O)N1C[C@H](S(=O)(=O)CC2CC2)C[C@H]1C(=O)NC1(C#N)CC1. The van der Waals surface area contributed by atoms with Gasteiger partial charge in [-0.2, -0.15) is 5.26 Å². The standard InChI is InChI=1S/C18H27N3O5S/c1-17(2,3)26-16(23)21-9-13(27(24,25)10-12-4-5-12)8-14(21)15(22)20-18(11-19)6-7-18/h12-14H,4-10H2,1-3H3,(H,20,22)/t13-,14+/m1/s1. The number of nitriles is 1. The maximum absolute atomic E-state index is 12.7. The minimum Gasteiger partial charge on any atom is -0.444 e. The van der Waals surface area contributed by atoms with Gasteiger partial charge in [0.1, 0.15) is 17.2 Å². The molecule has 2 atom stereocenters. The second-order valence-electron chi connectivity index (χ2n) is 8.96. The fourth-order valence-electron chi connectivity index (χ4n) is 3.29. The van der Waals surface area contributed by atoms with Crippen molar-refractivity contribution in [1.82, 2.24) is 10.2 Å². The van der Waals surface area contributed by atoms with E-state index < -0.39 is 44.3 Å². The van der Waals surface area contributed by atoms with E-state index >= 15 is 0 Å². The van der Waals surface area contributed by atoms with Crippen molar-refractivity contribution in [2.24, 2.45) is 5.92 Å². The molecule has 27 heavy (non-hydrogen) atoms. The molecule has 3 aliphatic rings. The molecule has 1 saturated heterocycles. The summed E-state index contributed by atoms with van der Waals surface area (Å²) >= 11 is 0. The first-order valence-corrected chi connectivity index (χ1v) is 11.1. The molecule has 2 aliphatic carbocycles. The van der Waals surface area contributed by atoms with E-state index in [9.17, 15) is 23.3 Å². The number of rotatable bonds is 5. The second-order valence-corrected chi connectivity index (χ2v) is 11.3. The normalized spacial score (nSPS) is 27.0. The number of amides is 2. The molecule has 2 saturated carbocycles. The fraction of sp³-hybridized carbons (Fsp3) is 0.833. The predicted octanol–water partition coefficient (Wildman–Crippen LogP) is 1.36. The van der Waals surface area contributed by atoms with Crippen LogP contribution in [-0.4, -0.2) is 60.0 Å². The molecule has 150 valence electrons. The Kier molecular flexibility index (Phi) is 4.91. The smallest absolute Gasteiger partial charge is 0.411 e. The summed E-state index contributed by atoms with van der Waals surface area (Å²) in [5.41, 5.74) is -1.63. The van der Waals surface area contributed by atoms with Crippen LogP contribution in [0.4, 0.5) is 4.79 Å². The van der Waals surface area contributed by atoms with Crippen molar-refractivity contribution in [3.05, 3.63) is 0 Å². The number of carbonyl (C=O) groups excluding carboxylic acids is 2. The van der Waals surface area contributed by atoms with Gasteiger partial charge in [0.05, 0.1) is 17.1 Å². The third-order valence-electron chi connectivity index (χ3n) is 5.19. The zero-order chi connectivity index (χ0) is 20.0. The average Bonchev–Trinajstić information content (AvgIpc) is 3.45. The molecule has 8 nitrogen and oxygen atoms in total. The van der Waals surface area contributed by atoms with Crippen molar-refractivity contribution in [3.8, 4) is 6.07 Å². The van der Waals surface area contributed by atoms with E-state index in [-0.39, 0.29) is 24.6 Å². The number of carbonyl (C=O) groups is 2. The highest BCUT2D eigenvalue weighted by Gasteiger charge is 2.51. The maximum atomic E-state index is 12.7. The van der Waals surface area contributed by atoms with Gasteiger partial charge in [-0.25, -0.2) is 13.2 Å². The van der Waals surface area contributed by atoms with Gasteiger partial charge in [0.2, 0.25) is 5.91 Å². The summed E-state index contributed by atoms with van der Waals surface area (Å²) in [7, 11) is -3.40. The van der Waals surface area contributed by atoms with Crippen LogP contribution in [0.3, 0.4) is 0 Å². The minimum atomic E-state index is -3.40. The first kappa shape index (κ1) is 19.9. The molecular weight excluding hydrogens is 370 g/mol. The lowest BCUT2D eigenvalue weighted by molar-refractivity contribution is -0.126. The van der Waals surface area contributed by atoms with Crippen molar-refractivity contribution in [2.45, 2.75) is 75.3 Å². The van der Waals surface area contributed by atoms with E-state index in [0.717, 1.165) is 12.8 Å². The Morgan fingerprint density at radius 2 is 1.93 bits per heavy atom. The minimum absolute atomic E-state index is 0.0433. The zero-order valence-electron chi connectivity index (χ0n) is 16.0. The monoisotopic (exact) mass is 397 g/mol. The summed E-state index contributed by atoms with van der Waals surface area (Å²) in [4.78, 5) is 26.5. The topological polar surface area (TPSA) is 117 Å². The Morgan fingerprint density at radius 3 is 2.41 bits per heavy atom. The van der Waals surface area contributed by atoms with E-state index in [0.29, 0.717) is 12.8 Å². The molecule has 3 rings (SSSR count). The molecule has 1 heterocycles. The van der Waals surface area contributed by atoms with E-state index in [1.54, 1.807) is 20.8 Å². The Morgan fingerprint density at radius 1 is 1.30 bits per heavy atom. The predicted molar refractivity (Wildman–Crippen MR) is 97.4 cm³/mol. The fourth-order valence-corrected chi connectivity index (χ4v) is 5.41. The molecular formula is C18H27N3O5S. The second kappa shape index (κ2) is 6.66. The summed E-state index contributed by atoms with van der Waals surface area (Å²) in [6.07, 6.45) is 2.30. The number of hydrogen-bond donors (Lipinski definition) is 1. The molecule has 0 aromatic heterocycles. The van der Waals surface area contributed by atoms with Gasteiger partial charge in [-0.3, -0.25) is 9.69 Å². The van der Waals surface area contributed by atoms with Gasteiger partial charge >= 0.3 is 6.09 Å².